The van der Waals surface area contributed by atoms with Crippen LogP contribution in [0, 0.1) is 23.2 Å². The molecule has 2 aliphatic carbocycles. The van der Waals surface area contributed by atoms with Gasteiger partial charge in [-0.2, -0.15) is 0 Å². The summed E-state index contributed by atoms with van der Waals surface area (Å²) in [5.41, 5.74) is 0.596. The second-order valence-corrected chi connectivity index (χ2v) is 6.10. The Balaban J connectivity index is 1.81. The SMILES string of the molecule is CCCOCC[C@@H]1[C@@H]2CC[C@@H](C2)C1(C)C. The van der Waals surface area contributed by atoms with Crippen LogP contribution < -0.4 is 0 Å². The lowest BCUT2D eigenvalue weighted by molar-refractivity contribution is 0.0625. The van der Waals surface area contributed by atoms with Crippen LogP contribution in [0.25, 0.3) is 0 Å². The van der Waals surface area contributed by atoms with Crippen LogP contribution in [0.1, 0.15) is 52.9 Å². The zero-order chi connectivity index (χ0) is 10.9. The fraction of sp³-hybridized carbons (Fsp3) is 1.00. The molecule has 2 saturated carbocycles. The minimum atomic E-state index is 0.596. The molecule has 0 radical (unpaired) electrons. The molecular weight excluding hydrogens is 184 g/mol. The molecule has 0 aromatic heterocycles. The molecule has 3 atom stereocenters. The van der Waals surface area contributed by atoms with Crippen LogP contribution in [0.15, 0.2) is 0 Å². The molecule has 1 heteroatoms. The third-order valence-corrected chi connectivity index (χ3v) is 4.97. The van der Waals surface area contributed by atoms with Crippen LogP contribution in [-0.4, -0.2) is 13.2 Å². The van der Waals surface area contributed by atoms with Crippen LogP contribution in [0.4, 0.5) is 0 Å². The molecule has 88 valence electrons. The van der Waals surface area contributed by atoms with Gasteiger partial charge in [-0.25, -0.2) is 0 Å². The number of hydrogen-bond donors (Lipinski definition) is 0. The molecule has 0 aliphatic heterocycles. The van der Waals surface area contributed by atoms with E-state index in [1.165, 1.54) is 25.7 Å². The Labute approximate surface area is 94.6 Å². The maximum atomic E-state index is 5.65. The molecular formula is C14H26O. The summed E-state index contributed by atoms with van der Waals surface area (Å²) < 4.78 is 5.65. The number of hydrogen-bond acceptors (Lipinski definition) is 1. The first-order valence-electron chi connectivity index (χ1n) is 6.74. The van der Waals surface area contributed by atoms with Crippen molar-refractivity contribution in [2.45, 2.75) is 52.9 Å². The Morgan fingerprint density at radius 1 is 1.20 bits per heavy atom. The van der Waals surface area contributed by atoms with Crippen molar-refractivity contribution in [1.29, 1.82) is 0 Å². The Bertz CT molecular complexity index is 209. The molecule has 0 saturated heterocycles. The monoisotopic (exact) mass is 210 g/mol. The average Bonchev–Trinajstić information content (AvgIpc) is 2.73. The lowest BCUT2D eigenvalue weighted by Crippen LogP contribution is -2.31. The van der Waals surface area contributed by atoms with Gasteiger partial charge < -0.3 is 4.74 Å². The lowest BCUT2D eigenvalue weighted by atomic mass is 9.67. The maximum absolute atomic E-state index is 5.65. The predicted molar refractivity (Wildman–Crippen MR) is 63.8 cm³/mol. The van der Waals surface area contributed by atoms with Gasteiger partial charge in [-0.1, -0.05) is 20.8 Å². The fourth-order valence-corrected chi connectivity index (χ4v) is 4.03. The second-order valence-electron chi connectivity index (χ2n) is 6.10. The molecule has 2 rings (SSSR count). The van der Waals surface area contributed by atoms with Crippen LogP contribution >= 0.6 is 0 Å². The van der Waals surface area contributed by atoms with Crippen molar-refractivity contribution in [2.24, 2.45) is 23.2 Å². The van der Waals surface area contributed by atoms with Gasteiger partial charge in [0.15, 0.2) is 0 Å². The summed E-state index contributed by atoms with van der Waals surface area (Å²) in [6.07, 6.45) is 6.94. The molecule has 0 aromatic rings. The molecule has 1 nitrogen and oxygen atoms in total. The number of fused-ring (bicyclic) bond motifs is 2. The van der Waals surface area contributed by atoms with Crippen LogP contribution in [-0.2, 0) is 4.74 Å². The second kappa shape index (κ2) is 4.45. The van der Waals surface area contributed by atoms with E-state index in [9.17, 15) is 0 Å². The summed E-state index contributed by atoms with van der Waals surface area (Å²) in [6.45, 7) is 9.09. The normalized spacial score (nSPS) is 37.4. The highest BCUT2D eigenvalue weighted by Crippen LogP contribution is 2.60. The van der Waals surface area contributed by atoms with E-state index < -0.39 is 0 Å². The Morgan fingerprint density at radius 3 is 2.60 bits per heavy atom. The topological polar surface area (TPSA) is 9.23 Å². The highest BCUT2D eigenvalue weighted by atomic mass is 16.5. The van der Waals surface area contributed by atoms with Crippen LogP contribution in [0.2, 0.25) is 0 Å². The van der Waals surface area contributed by atoms with Crippen LogP contribution in [0.3, 0.4) is 0 Å². The third-order valence-electron chi connectivity index (χ3n) is 4.97. The Hall–Kier alpha value is -0.0400. The minimum Gasteiger partial charge on any atom is -0.381 e. The average molecular weight is 210 g/mol. The molecule has 2 bridgehead atoms. The van der Waals surface area contributed by atoms with E-state index in [1.807, 2.05) is 0 Å². The number of rotatable bonds is 5. The molecule has 0 unspecified atom stereocenters. The third kappa shape index (κ3) is 2.08. The molecule has 0 N–H and O–H groups in total. The summed E-state index contributed by atoms with van der Waals surface area (Å²) >= 11 is 0. The highest BCUT2D eigenvalue weighted by molar-refractivity contribution is 5.01. The van der Waals surface area contributed by atoms with Gasteiger partial charge in [0.1, 0.15) is 0 Å². The van der Waals surface area contributed by atoms with Crippen molar-refractivity contribution >= 4 is 0 Å². The first kappa shape index (κ1) is 11.4. The molecule has 0 aromatic carbocycles. The summed E-state index contributed by atoms with van der Waals surface area (Å²) in [7, 11) is 0. The van der Waals surface area contributed by atoms with Gasteiger partial charge in [-0.15, -0.1) is 0 Å². The maximum Gasteiger partial charge on any atom is 0.0468 e. The summed E-state index contributed by atoms with van der Waals surface area (Å²) in [4.78, 5) is 0. The zero-order valence-corrected chi connectivity index (χ0v) is 10.6. The van der Waals surface area contributed by atoms with Crippen molar-refractivity contribution in [3.8, 4) is 0 Å². The Morgan fingerprint density at radius 2 is 2.00 bits per heavy atom. The minimum absolute atomic E-state index is 0.596. The number of ether oxygens (including phenoxy) is 1. The van der Waals surface area contributed by atoms with Crippen molar-refractivity contribution in [3.63, 3.8) is 0 Å². The van der Waals surface area contributed by atoms with Crippen LogP contribution in [0.5, 0.6) is 0 Å². The van der Waals surface area contributed by atoms with E-state index in [0.29, 0.717) is 5.41 Å². The van der Waals surface area contributed by atoms with Gasteiger partial charge in [0.2, 0.25) is 0 Å². The van der Waals surface area contributed by atoms with Gasteiger partial charge >= 0.3 is 0 Å². The van der Waals surface area contributed by atoms with Gasteiger partial charge in [0.25, 0.3) is 0 Å². The first-order chi connectivity index (χ1) is 7.16. The molecule has 0 spiro atoms. The van der Waals surface area contributed by atoms with Crippen molar-refractivity contribution in [1.82, 2.24) is 0 Å². The molecule has 2 aliphatic rings. The Kier molecular flexibility index (Phi) is 3.39. The fourth-order valence-electron chi connectivity index (χ4n) is 4.03. The largest absolute Gasteiger partial charge is 0.381 e. The zero-order valence-electron chi connectivity index (χ0n) is 10.6. The van der Waals surface area contributed by atoms with E-state index in [-0.39, 0.29) is 0 Å². The molecule has 0 heterocycles. The standard InChI is InChI=1S/C14H26O/c1-4-8-15-9-7-13-11-5-6-12(10-11)14(13,2)3/h11-13H,4-10H2,1-3H3/t11-,12+,13-/m1/s1. The van der Waals surface area contributed by atoms with E-state index >= 15 is 0 Å². The van der Waals surface area contributed by atoms with Gasteiger partial charge in [0.05, 0.1) is 0 Å². The first-order valence-corrected chi connectivity index (χ1v) is 6.74. The predicted octanol–water partition coefficient (Wildman–Crippen LogP) is 3.88. The summed E-state index contributed by atoms with van der Waals surface area (Å²) in [5, 5.41) is 0. The van der Waals surface area contributed by atoms with Crippen molar-refractivity contribution in [2.75, 3.05) is 13.2 Å². The van der Waals surface area contributed by atoms with E-state index in [2.05, 4.69) is 20.8 Å². The lowest BCUT2D eigenvalue weighted by Gasteiger charge is -2.38. The van der Waals surface area contributed by atoms with Crippen molar-refractivity contribution in [3.05, 3.63) is 0 Å². The highest BCUT2D eigenvalue weighted by Gasteiger charge is 2.51. The van der Waals surface area contributed by atoms with Gasteiger partial charge in [-0.3, -0.25) is 0 Å². The van der Waals surface area contributed by atoms with E-state index in [4.69, 9.17) is 4.74 Å². The van der Waals surface area contributed by atoms with E-state index in [0.717, 1.165) is 37.4 Å². The van der Waals surface area contributed by atoms with E-state index in [1.54, 1.807) is 0 Å². The van der Waals surface area contributed by atoms with Gasteiger partial charge in [0, 0.05) is 13.2 Å². The molecule has 15 heavy (non-hydrogen) atoms. The summed E-state index contributed by atoms with van der Waals surface area (Å²) in [5.74, 6) is 2.97. The quantitative estimate of drug-likeness (QED) is 0.626. The molecule has 2 fully saturated rings. The smallest absolute Gasteiger partial charge is 0.0468 e. The van der Waals surface area contributed by atoms with Crippen molar-refractivity contribution < 1.29 is 4.74 Å². The molecule has 0 amide bonds. The van der Waals surface area contributed by atoms with Gasteiger partial charge in [-0.05, 0) is 55.3 Å². The summed E-state index contributed by atoms with van der Waals surface area (Å²) in [6, 6.07) is 0.